The van der Waals surface area contributed by atoms with Crippen LogP contribution in [0.15, 0.2) is 0 Å². The molecule has 0 aliphatic rings. The molecule has 52 valence electrons. The van der Waals surface area contributed by atoms with E-state index in [1.807, 2.05) is 0 Å². The fraction of sp³-hybridized carbons (Fsp3) is 0.333. The maximum absolute atomic E-state index is 10.3. The number of amides is 1. The van der Waals surface area contributed by atoms with E-state index in [0.717, 1.165) is 6.92 Å². The van der Waals surface area contributed by atoms with Crippen molar-refractivity contribution in [1.29, 1.82) is 0 Å². The zero-order chi connectivity index (χ0) is 7.44. The SMILES string of the molecule is CC(=O)OC(=O)N(S)S. The van der Waals surface area contributed by atoms with Gasteiger partial charge in [0.15, 0.2) is 0 Å². The maximum Gasteiger partial charge on any atom is 0.437 e. The molecule has 0 atom stereocenters. The van der Waals surface area contributed by atoms with Gasteiger partial charge in [0, 0.05) is 6.92 Å². The normalized spacial score (nSPS) is 8.33. The lowest BCUT2D eigenvalue weighted by Crippen LogP contribution is -2.16. The Hall–Kier alpha value is -0.360. The van der Waals surface area contributed by atoms with E-state index in [4.69, 9.17) is 0 Å². The van der Waals surface area contributed by atoms with Crippen molar-refractivity contribution in [3.8, 4) is 0 Å². The molecule has 9 heavy (non-hydrogen) atoms. The summed E-state index contributed by atoms with van der Waals surface area (Å²) in [5.41, 5.74) is 0. The lowest BCUT2D eigenvalue weighted by molar-refractivity contribution is -0.134. The number of rotatable bonds is 0. The summed E-state index contributed by atoms with van der Waals surface area (Å²) in [6.07, 6.45) is -0.908. The van der Waals surface area contributed by atoms with E-state index in [-0.39, 0.29) is 0 Å². The third kappa shape index (κ3) is 4.16. The summed E-state index contributed by atoms with van der Waals surface area (Å²) < 4.78 is 4.58. The minimum Gasteiger partial charge on any atom is -0.375 e. The van der Waals surface area contributed by atoms with Gasteiger partial charge in [-0.05, 0) is 25.6 Å². The van der Waals surface area contributed by atoms with Crippen molar-refractivity contribution in [3.05, 3.63) is 0 Å². The van der Waals surface area contributed by atoms with Crippen molar-refractivity contribution in [1.82, 2.24) is 3.71 Å². The fourth-order valence-electron chi connectivity index (χ4n) is 0.164. The molecule has 0 fully saturated rings. The third-order valence-electron chi connectivity index (χ3n) is 0.394. The highest BCUT2D eigenvalue weighted by molar-refractivity contribution is 7.94. The highest BCUT2D eigenvalue weighted by Crippen LogP contribution is 2.00. The van der Waals surface area contributed by atoms with Crippen molar-refractivity contribution >= 4 is 37.7 Å². The molecule has 0 aromatic carbocycles. The van der Waals surface area contributed by atoms with Crippen LogP contribution in [-0.2, 0) is 9.53 Å². The zero-order valence-electron chi connectivity index (χ0n) is 4.57. The van der Waals surface area contributed by atoms with Gasteiger partial charge >= 0.3 is 12.1 Å². The molecular formula is C3H5NO3S2. The highest BCUT2D eigenvalue weighted by atomic mass is 32.2. The second-order valence-corrected chi connectivity index (χ2v) is 2.26. The first-order valence-corrected chi connectivity index (χ1v) is 2.74. The Morgan fingerprint density at radius 1 is 1.44 bits per heavy atom. The minimum atomic E-state index is -0.908. The summed E-state index contributed by atoms with van der Waals surface area (Å²) in [7, 11) is 0. The van der Waals surface area contributed by atoms with Crippen LogP contribution in [-0.4, -0.2) is 15.8 Å². The number of thiol groups is 2. The van der Waals surface area contributed by atoms with E-state index < -0.39 is 12.1 Å². The summed E-state index contributed by atoms with van der Waals surface area (Å²) >= 11 is 6.88. The molecule has 1 amide bonds. The highest BCUT2D eigenvalue weighted by Gasteiger charge is 2.08. The van der Waals surface area contributed by atoms with Gasteiger partial charge in [0.2, 0.25) is 0 Å². The average Bonchev–Trinajstić information content (AvgIpc) is 1.63. The van der Waals surface area contributed by atoms with E-state index in [0.29, 0.717) is 3.71 Å². The number of ether oxygens (including phenoxy) is 1. The smallest absolute Gasteiger partial charge is 0.375 e. The van der Waals surface area contributed by atoms with Crippen LogP contribution < -0.4 is 0 Å². The van der Waals surface area contributed by atoms with Crippen molar-refractivity contribution in [2.45, 2.75) is 6.92 Å². The van der Waals surface area contributed by atoms with E-state index in [1.54, 1.807) is 0 Å². The second-order valence-electron chi connectivity index (χ2n) is 1.15. The lowest BCUT2D eigenvalue weighted by Gasteiger charge is -2.03. The Morgan fingerprint density at radius 2 is 1.89 bits per heavy atom. The van der Waals surface area contributed by atoms with Gasteiger partial charge in [0.1, 0.15) is 0 Å². The van der Waals surface area contributed by atoms with Crippen molar-refractivity contribution in [3.63, 3.8) is 0 Å². The Kier molecular flexibility index (Phi) is 3.48. The fourth-order valence-corrected chi connectivity index (χ4v) is 0.245. The van der Waals surface area contributed by atoms with Crippen LogP contribution in [0.3, 0.4) is 0 Å². The minimum absolute atomic E-state index is 0.571. The number of carbonyl (C=O) groups is 2. The number of nitrogens with zero attached hydrogens (tertiary/aromatic N) is 1. The number of carbonyl (C=O) groups excluding carboxylic acids is 2. The number of hydrogen-bond acceptors (Lipinski definition) is 5. The van der Waals surface area contributed by atoms with Crippen LogP contribution in [0.4, 0.5) is 4.79 Å². The van der Waals surface area contributed by atoms with Crippen molar-refractivity contribution in [2.24, 2.45) is 0 Å². The summed E-state index contributed by atoms with van der Waals surface area (Å²) in [5, 5.41) is 0. The summed E-state index contributed by atoms with van der Waals surface area (Å²) in [6.45, 7) is 1.11. The molecule has 6 heteroatoms. The van der Waals surface area contributed by atoms with Gasteiger partial charge in [-0.25, -0.2) is 4.79 Å². The molecule has 0 spiro atoms. The average molecular weight is 167 g/mol. The molecule has 0 saturated heterocycles. The van der Waals surface area contributed by atoms with Crippen LogP contribution in [0.1, 0.15) is 6.92 Å². The third-order valence-corrected chi connectivity index (χ3v) is 0.721. The molecule has 0 radical (unpaired) electrons. The zero-order valence-corrected chi connectivity index (χ0v) is 6.36. The Labute approximate surface area is 63.2 Å². The number of hydrogen-bond donors (Lipinski definition) is 2. The molecule has 0 unspecified atom stereocenters. The molecule has 0 aromatic rings. The van der Waals surface area contributed by atoms with Gasteiger partial charge in [-0.3, -0.25) is 4.79 Å². The predicted molar refractivity (Wildman–Crippen MR) is 37.0 cm³/mol. The first-order chi connectivity index (χ1) is 4.04. The topological polar surface area (TPSA) is 46.6 Å². The first kappa shape index (κ1) is 8.64. The Bertz CT molecular complexity index is 135. The van der Waals surface area contributed by atoms with Crippen molar-refractivity contribution in [2.75, 3.05) is 0 Å². The van der Waals surface area contributed by atoms with Crippen LogP contribution in [0.2, 0.25) is 0 Å². The molecule has 0 aliphatic heterocycles. The van der Waals surface area contributed by atoms with Gasteiger partial charge < -0.3 is 4.74 Å². The largest absolute Gasteiger partial charge is 0.437 e. The summed E-state index contributed by atoms with van der Waals surface area (Å²) in [5.74, 6) is -0.687. The van der Waals surface area contributed by atoms with Gasteiger partial charge in [-0.15, -0.1) is 0 Å². The van der Waals surface area contributed by atoms with Gasteiger partial charge in [-0.1, -0.05) is 0 Å². The second kappa shape index (κ2) is 3.62. The van der Waals surface area contributed by atoms with Crippen LogP contribution in [0.5, 0.6) is 0 Å². The van der Waals surface area contributed by atoms with Gasteiger partial charge in [0.05, 0.1) is 0 Å². The molecule has 0 aliphatic carbocycles. The number of esters is 1. The molecule has 0 saturated carbocycles. The Morgan fingerprint density at radius 3 is 2.00 bits per heavy atom. The van der Waals surface area contributed by atoms with E-state index in [2.05, 4.69) is 30.4 Å². The van der Waals surface area contributed by atoms with E-state index >= 15 is 0 Å². The van der Waals surface area contributed by atoms with Gasteiger partial charge in [-0.2, -0.15) is 3.71 Å². The predicted octanol–water partition coefficient (Wildman–Crippen LogP) is 0.661. The maximum atomic E-state index is 10.3. The Balaban J connectivity index is 3.64. The molecule has 0 heterocycles. The van der Waals surface area contributed by atoms with Crippen molar-refractivity contribution < 1.29 is 14.3 Å². The molecule has 0 aromatic heterocycles. The van der Waals surface area contributed by atoms with Crippen LogP contribution in [0, 0.1) is 0 Å². The summed E-state index contributed by atoms with van der Waals surface area (Å²) in [4.78, 5) is 20.3. The first-order valence-electron chi connectivity index (χ1n) is 1.94. The molecule has 4 nitrogen and oxygen atoms in total. The standard InChI is InChI=1S/C3H5NO3S2/c1-2(5)7-3(6)4(8)9/h8-9H,1H3. The summed E-state index contributed by atoms with van der Waals surface area (Å²) in [6, 6.07) is 0. The van der Waals surface area contributed by atoms with Gasteiger partial charge in [0.25, 0.3) is 0 Å². The van der Waals surface area contributed by atoms with E-state index in [1.165, 1.54) is 0 Å². The van der Waals surface area contributed by atoms with E-state index in [9.17, 15) is 9.59 Å². The molecule has 0 rings (SSSR count). The molecule has 0 N–H and O–H groups in total. The molecular weight excluding hydrogens is 162 g/mol. The quantitative estimate of drug-likeness (QED) is 0.316. The molecule has 0 bridgehead atoms. The monoisotopic (exact) mass is 167 g/mol. The lowest BCUT2D eigenvalue weighted by atomic mass is 10.8. The van der Waals surface area contributed by atoms with Crippen LogP contribution >= 0.6 is 25.6 Å². The van der Waals surface area contributed by atoms with Crippen LogP contribution in [0.25, 0.3) is 0 Å².